The van der Waals surface area contributed by atoms with Gasteiger partial charge in [-0.3, -0.25) is 0 Å². The predicted octanol–water partition coefficient (Wildman–Crippen LogP) is -0.105. The van der Waals surface area contributed by atoms with E-state index in [1.165, 1.54) is 6.66 Å². The van der Waals surface area contributed by atoms with Gasteiger partial charge in [0.1, 0.15) is 18.3 Å². The van der Waals surface area contributed by atoms with Crippen molar-refractivity contribution in [3.63, 3.8) is 0 Å². The van der Waals surface area contributed by atoms with Crippen LogP contribution in [0.3, 0.4) is 0 Å². The highest BCUT2D eigenvalue weighted by atomic mass is 31.1. The van der Waals surface area contributed by atoms with Gasteiger partial charge in [-0.1, -0.05) is 19.3 Å². The molecule has 1 aliphatic carbocycles. The molecule has 0 radical (unpaired) electrons. The summed E-state index contributed by atoms with van der Waals surface area (Å²) in [4.78, 5) is 0. The normalized spacial score (nSPS) is 38.3. The summed E-state index contributed by atoms with van der Waals surface area (Å²) in [6, 6.07) is 0. The number of ether oxygens (including phenoxy) is 2. The minimum Gasteiger partial charge on any atom is -0.394 e. The van der Waals surface area contributed by atoms with Crippen molar-refractivity contribution in [2.75, 3.05) is 19.9 Å². The summed E-state index contributed by atoms with van der Waals surface area (Å²) >= 11 is 0. The maximum atomic E-state index is 11.2. The van der Waals surface area contributed by atoms with Crippen molar-refractivity contribution < 1.29 is 39.0 Å². The lowest BCUT2D eigenvalue weighted by molar-refractivity contribution is -0.305. The van der Waals surface area contributed by atoms with Gasteiger partial charge in [-0.05, 0) is 17.4 Å². The van der Waals surface area contributed by atoms with Crippen LogP contribution in [0.25, 0.3) is 0 Å². The molecular formula is C14H26O8P+. The first-order valence-corrected chi connectivity index (χ1v) is 9.53. The lowest BCUT2D eigenvalue weighted by atomic mass is 9.85. The van der Waals surface area contributed by atoms with E-state index < -0.39 is 50.9 Å². The van der Waals surface area contributed by atoms with Crippen LogP contribution in [-0.4, -0.2) is 76.6 Å². The van der Waals surface area contributed by atoms with Crippen molar-refractivity contribution in [1.29, 1.82) is 0 Å². The van der Waals surface area contributed by atoms with Gasteiger partial charge in [0.15, 0.2) is 19.1 Å². The van der Waals surface area contributed by atoms with E-state index in [0.29, 0.717) is 12.8 Å². The fraction of sp³-hybridized carbons (Fsp3) is 1.00. The molecule has 1 saturated carbocycles. The summed E-state index contributed by atoms with van der Waals surface area (Å²) < 4.78 is 27.2. The summed E-state index contributed by atoms with van der Waals surface area (Å²) in [5.41, 5.74) is -0.957. The lowest BCUT2D eigenvalue weighted by Crippen LogP contribution is -2.60. The maximum Gasteiger partial charge on any atom is 0.505 e. The van der Waals surface area contributed by atoms with Crippen molar-refractivity contribution in [3.8, 4) is 0 Å². The Labute approximate surface area is 136 Å². The van der Waals surface area contributed by atoms with Crippen molar-refractivity contribution in [3.05, 3.63) is 0 Å². The molecule has 8 nitrogen and oxygen atoms in total. The standard InChI is InChI=1S/C14H26O8P/c1-23(19)22-12-9(7-15)21-13(11(17)10(12)16)20-8-14(18)5-3-2-4-6-14/h9-13,15-18H,2-8H2,1H3/q+1. The summed E-state index contributed by atoms with van der Waals surface area (Å²) in [7, 11) is -2.04. The molecule has 23 heavy (non-hydrogen) atoms. The molecule has 6 atom stereocenters. The van der Waals surface area contributed by atoms with E-state index in [-0.39, 0.29) is 6.61 Å². The molecule has 6 unspecified atom stereocenters. The highest BCUT2D eigenvalue weighted by molar-refractivity contribution is 7.38. The molecule has 2 rings (SSSR count). The Kier molecular flexibility index (Phi) is 6.88. The van der Waals surface area contributed by atoms with Crippen LogP contribution in [0, 0.1) is 0 Å². The maximum absolute atomic E-state index is 11.2. The van der Waals surface area contributed by atoms with Crippen LogP contribution in [0.4, 0.5) is 0 Å². The Bertz CT molecular complexity index is 398. The van der Waals surface area contributed by atoms with Gasteiger partial charge in [0.2, 0.25) is 0 Å². The Hall–Kier alpha value is -0.180. The highest BCUT2D eigenvalue weighted by Gasteiger charge is 2.49. The molecule has 1 aliphatic heterocycles. The Morgan fingerprint density at radius 3 is 2.43 bits per heavy atom. The molecule has 0 bridgehead atoms. The summed E-state index contributed by atoms with van der Waals surface area (Å²) in [5.74, 6) is 0. The fourth-order valence-electron chi connectivity index (χ4n) is 3.08. The van der Waals surface area contributed by atoms with Crippen LogP contribution >= 0.6 is 8.03 Å². The summed E-state index contributed by atoms with van der Waals surface area (Å²) in [6.07, 6.45) is -1.99. The molecule has 0 aromatic heterocycles. The third-order valence-electron chi connectivity index (χ3n) is 4.39. The molecule has 9 heteroatoms. The van der Waals surface area contributed by atoms with E-state index in [0.717, 1.165) is 19.3 Å². The smallest absolute Gasteiger partial charge is 0.394 e. The molecule has 0 aromatic carbocycles. The molecular weight excluding hydrogens is 327 g/mol. The Morgan fingerprint density at radius 1 is 1.22 bits per heavy atom. The van der Waals surface area contributed by atoms with Crippen molar-refractivity contribution in [2.45, 2.75) is 68.4 Å². The molecule has 0 aromatic rings. The van der Waals surface area contributed by atoms with Gasteiger partial charge < -0.3 is 29.9 Å². The van der Waals surface area contributed by atoms with Gasteiger partial charge in [0.25, 0.3) is 0 Å². The topological polar surface area (TPSA) is 126 Å². The number of hydrogen-bond acceptors (Lipinski definition) is 8. The van der Waals surface area contributed by atoms with Crippen LogP contribution in [0.1, 0.15) is 32.1 Å². The zero-order valence-corrected chi connectivity index (χ0v) is 14.1. The minimum absolute atomic E-state index is 0.0207. The second kappa shape index (κ2) is 8.27. The van der Waals surface area contributed by atoms with Gasteiger partial charge in [0.05, 0.1) is 18.8 Å². The van der Waals surface area contributed by atoms with Gasteiger partial charge in [-0.25, -0.2) is 0 Å². The summed E-state index contributed by atoms with van der Waals surface area (Å²) in [5, 5.41) is 40.0. The van der Waals surface area contributed by atoms with E-state index in [1.807, 2.05) is 0 Å². The average molecular weight is 353 g/mol. The van der Waals surface area contributed by atoms with Gasteiger partial charge in [-0.15, -0.1) is 4.52 Å². The molecule has 0 amide bonds. The first-order valence-electron chi connectivity index (χ1n) is 7.90. The van der Waals surface area contributed by atoms with Crippen molar-refractivity contribution in [2.24, 2.45) is 0 Å². The quantitative estimate of drug-likeness (QED) is 0.488. The second-order valence-corrected chi connectivity index (χ2v) is 7.40. The number of aliphatic hydroxyl groups excluding tert-OH is 3. The fourth-order valence-corrected chi connectivity index (χ4v) is 3.69. The average Bonchev–Trinajstić information content (AvgIpc) is 2.51. The van der Waals surface area contributed by atoms with Crippen molar-refractivity contribution >= 4 is 8.03 Å². The molecule has 1 heterocycles. The zero-order valence-electron chi connectivity index (χ0n) is 13.2. The lowest BCUT2D eigenvalue weighted by Gasteiger charge is -2.41. The van der Waals surface area contributed by atoms with E-state index >= 15 is 0 Å². The van der Waals surface area contributed by atoms with E-state index in [4.69, 9.17) is 14.0 Å². The molecule has 134 valence electrons. The molecule has 2 aliphatic rings. The van der Waals surface area contributed by atoms with Crippen LogP contribution in [-0.2, 0) is 18.6 Å². The van der Waals surface area contributed by atoms with Gasteiger partial charge in [-0.2, -0.15) is 0 Å². The number of aliphatic hydroxyl groups is 4. The van der Waals surface area contributed by atoms with Crippen molar-refractivity contribution in [1.82, 2.24) is 0 Å². The first kappa shape index (κ1) is 19.1. The zero-order chi connectivity index (χ0) is 17.0. The first-order chi connectivity index (χ1) is 10.9. The Balaban J connectivity index is 1.96. The van der Waals surface area contributed by atoms with Crippen LogP contribution < -0.4 is 0 Å². The molecule has 2 fully saturated rings. The number of hydrogen-bond donors (Lipinski definition) is 4. The van der Waals surface area contributed by atoms with E-state index in [1.54, 1.807) is 0 Å². The predicted molar refractivity (Wildman–Crippen MR) is 80.2 cm³/mol. The Morgan fingerprint density at radius 2 is 1.87 bits per heavy atom. The third-order valence-corrected chi connectivity index (χ3v) is 4.93. The van der Waals surface area contributed by atoms with Gasteiger partial charge >= 0.3 is 8.03 Å². The van der Waals surface area contributed by atoms with E-state index in [9.17, 15) is 25.0 Å². The molecule has 0 spiro atoms. The van der Waals surface area contributed by atoms with Crippen LogP contribution in [0.2, 0.25) is 0 Å². The second-order valence-electron chi connectivity index (χ2n) is 6.31. The largest absolute Gasteiger partial charge is 0.505 e. The SMILES string of the molecule is C[P+](=O)OC1C(CO)OC(OCC2(O)CCCCC2)C(O)C1O. The highest BCUT2D eigenvalue weighted by Crippen LogP contribution is 2.33. The molecule has 4 N–H and O–H groups in total. The van der Waals surface area contributed by atoms with Crippen LogP contribution in [0.5, 0.6) is 0 Å². The number of rotatable bonds is 6. The minimum atomic E-state index is -2.04. The monoisotopic (exact) mass is 353 g/mol. The van der Waals surface area contributed by atoms with Gasteiger partial charge in [0, 0.05) is 0 Å². The molecule has 1 saturated heterocycles. The van der Waals surface area contributed by atoms with E-state index in [2.05, 4.69) is 0 Å². The van der Waals surface area contributed by atoms with Crippen LogP contribution in [0.15, 0.2) is 0 Å². The summed E-state index contributed by atoms with van der Waals surface area (Å²) in [6.45, 7) is 0.805. The third kappa shape index (κ3) is 4.90.